The van der Waals surface area contributed by atoms with E-state index in [1.54, 1.807) is 7.11 Å². The molecule has 0 saturated heterocycles. The van der Waals surface area contributed by atoms with Gasteiger partial charge in [-0.1, -0.05) is 0 Å². The summed E-state index contributed by atoms with van der Waals surface area (Å²) in [7, 11) is 1.63. The first kappa shape index (κ1) is 14.4. The Balaban J connectivity index is 2.35. The van der Waals surface area contributed by atoms with Gasteiger partial charge in [-0.05, 0) is 0 Å². The fourth-order valence-electron chi connectivity index (χ4n) is 1.69. The van der Waals surface area contributed by atoms with E-state index in [1.807, 2.05) is 13.8 Å². The molecule has 1 fully saturated rings. The average Bonchev–Trinajstić information content (AvgIpc) is 2.27. The van der Waals surface area contributed by atoms with Crippen molar-refractivity contribution in [3.05, 3.63) is 0 Å². The Kier molecular flexibility index (Phi) is 6.60. The third kappa shape index (κ3) is 4.98. The minimum atomic E-state index is -0.881. The van der Waals surface area contributed by atoms with Gasteiger partial charge in [-0.2, -0.15) is 0 Å². The Morgan fingerprint density at radius 3 is 2.53 bits per heavy atom. The van der Waals surface area contributed by atoms with Crippen LogP contribution >= 0.6 is 11.9 Å². The third-order valence-electron chi connectivity index (χ3n) is 2.90. The molecular formula is C10H19BrHgO3. The topological polar surface area (TPSA) is 27.7 Å². The first-order chi connectivity index (χ1) is 7.09. The molecule has 86 valence electrons. The van der Waals surface area contributed by atoms with Crippen LogP contribution in [0.2, 0.25) is 3.43 Å². The number of methoxy groups -OCH3 is 1. The van der Waals surface area contributed by atoms with E-state index >= 15 is 0 Å². The molecule has 0 aromatic rings. The molecular weight excluding hydrogens is 449 g/mol. The fourth-order valence-corrected chi connectivity index (χ4v) is 11.9. The monoisotopic (exact) mass is 468 g/mol. The maximum atomic E-state index is 5.54. The summed E-state index contributed by atoms with van der Waals surface area (Å²) >= 11 is 2.86. The normalized spacial score (nSPS) is 27.5. The number of ether oxygens (including phenoxy) is 1. The second-order valence-electron chi connectivity index (χ2n) is 4.52. The van der Waals surface area contributed by atoms with Crippen molar-refractivity contribution in [1.82, 2.24) is 0 Å². The molecule has 1 saturated carbocycles. The van der Waals surface area contributed by atoms with Gasteiger partial charge in [-0.25, -0.2) is 0 Å². The zero-order chi connectivity index (χ0) is 11.3. The van der Waals surface area contributed by atoms with Crippen LogP contribution in [0.5, 0.6) is 0 Å². The van der Waals surface area contributed by atoms with Gasteiger partial charge in [-0.15, -0.1) is 0 Å². The predicted octanol–water partition coefficient (Wildman–Crippen LogP) is 3.44. The van der Waals surface area contributed by atoms with Crippen molar-refractivity contribution in [1.29, 1.82) is 0 Å². The molecule has 0 bridgehead atoms. The summed E-state index contributed by atoms with van der Waals surface area (Å²) in [6.45, 7) is 3.73. The molecule has 0 spiro atoms. The molecule has 1 aliphatic carbocycles. The van der Waals surface area contributed by atoms with Gasteiger partial charge in [0.15, 0.2) is 0 Å². The number of hydrogen-bond acceptors (Lipinski definition) is 3. The van der Waals surface area contributed by atoms with Crippen molar-refractivity contribution in [3.8, 4) is 0 Å². The van der Waals surface area contributed by atoms with Crippen molar-refractivity contribution >= 4 is 11.9 Å². The Morgan fingerprint density at radius 2 is 1.93 bits per heavy atom. The average molecular weight is 468 g/mol. The number of hydrogen-bond donors (Lipinski definition) is 0. The minimum absolute atomic E-state index is 0.300. The van der Waals surface area contributed by atoms with Gasteiger partial charge in [0.25, 0.3) is 0 Å². The van der Waals surface area contributed by atoms with Crippen LogP contribution in [0.15, 0.2) is 0 Å². The number of rotatable bonds is 5. The fraction of sp³-hybridized carbons (Fsp3) is 1.00. The first-order valence-corrected chi connectivity index (χ1v) is 20.6. The molecule has 0 aromatic carbocycles. The summed E-state index contributed by atoms with van der Waals surface area (Å²) in [5.41, 5.74) is 0. The summed E-state index contributed by atoms with van der Waals surface area (Å²) < 4.78 is 5.94. The Labute approximate surface area is 110 Å². The van der Waals surface area contributed by atoms with Gasteiger partial charge in [0.2, 0.25) is 0 Å². The van der Waals surface area contributed by atoms with E-state index in [0.29, 0.717) is 6.10 Å². The van der Waals surface area contributed by atoms with Crippen molar-refractivity contribution < 1.29 is 36.7 Å². The molecule has 1 aliphatic rings. The first-order valence-electron chi connectivity index (χ1n) is 5.54. The van der Waals surface area contributed by atoms with E-state index in [2.05, 4.69) is 11.9 Å². The molecule has 1 rings (SSSR count). The van der Waals surface area contributed by atoms with E-state index in [0.717, 1.165) is 9.85 Å². The molecule has 0 N–H and O–H groups in total. The van der Waals surface area contributed by atoms with Gasteiger partial charge in [0.1, 0.15) is 0 Å². The predicted molar refractivity (Wildman–Crippen MR) is 58.2 cm³/mol. The van der Waals surface area contributed by atoms with Crippen LogP contribution < -0.4 is 0 Å². The SMILES string of the molecule is COC(C)(C)OOC1CCCC[CH]1[Hg][Br]. The van der Waals surface area contributed by atoms with Crippen molar-refractivity contribution in [2.45, 2.75) is 54.8 Å². The van der Waals surface area contributed by atoms with Gasteiger partial charge < -0.3 is 0 Å². The Morgan fingerprint density at radius 1 is 1.27 bits per heavy atom. The summed E-state index contributed by atoms with van der Waals surface area (Å²) in [5.74, 6) is -0.634. The van der Waals surface area contributed by atoms with E-state index in [4.69, 9.17) is 14.5 Å². The Hall–Kier alpha value is 1.30. The van der Waals surface area contributed by atoms with E-state index < -0.39 is 27.9 Å². The number of halogens is 1. The Bertz CT molecular complexity index is 190. The molecule has 0 heterocycles. The molecule has 0 radical (unpaired) electrons. The second-order valence-corrected chi connectivity index (χ2v) is 15.5. The molecule has 15 heavy (non-hydrogen) atoms. The quantitative estimate of drug-likeness (QED) is 0.268. The summed E-state index contributed by atoms with van der Waals surface area (Å²) in [4.78, 5) is 10.9. The van der Waals surface area contributed by atoms with Crippen molar-refractivity contribution in [2.75, 3.05) is 7.11 Å². The van der Waals surface area contributed by atoms with Crippen LogP contribution in [0.25, 0.3) is 0 Å². The van der Waals surface area contributed by atoms with Crippen LogP contribution in [0.3, 0.4) is 0 Å². The zero-order valence-electron chi connectivity index (χ0n) is 9.79. The van der Waals surface area contributed by atoms with Crippen molar-refractivity contribution in [3.63, 3.8) is 0 Å². The van der Waals surface area contributed by atoms with Gasteiger partial charge in [-0.3, -0.25) is 0 Å². The van der Waals surface area contributed by atoms with Gasteiger partial charge >= 0.3 is 111 Å². The van der Waals surface area contributed by atoms with E-state index in [-0.39, 0.29) is 0 Å². The maximum absolute atomic E-state index is 5.54. The van der Waals surface area contributed by atoms with Crippen LogP contribution in [-0.2, 0) is 36.7 Å². The van der Waals surface area contributed by atoms with E-state index in [9.17, 15) is 0 Å². The molecule has 2 unspecified atom stereocenters. The van der Waals surface area contributed by atoms with Crippen LogP contribution in [0.4, 0.5) is 0 Å². The van der Waals surface area contributed by atoms with E-state index in [1.165, 1.54) is 19.3 Å². The van der Waals surface area contributed by atoms with Crippen molar-refractivity contribution in [2.24, 2.45) is 0 Å². The van der Waals surface area contributed by atoms with Gasteiger partial charge in [0.05, 0.1) is 0 Å². The molecule has 5 heteroatoms. The molecule has 2 atom stereocenters. The molecule has 0 aromatic heterocycles. The zero-order valence-corrected chi connectivity index (χ0v) is 16.9. The summed E-state index contributed by atoms with van der Waals surface area (Å²) in [6, 6.07) is 0. The van der Waals surface area contributed by atoms with Crippen LogP contribution in [0, 0.1) is 0 Å². The van der Waals surface area contributed by atoms with Crippen LogP contribution in [-0.4, -0.2) is 19.0 Å². The molecule has 0 amide bonds. The molecule has 3 nitrogen and oxygen atoms in total. The van der Waals surface area contributed by atoms with Gasteiger partial charge in [0, 0.05) is 0 Å². The summed E-state index contributed by atoms with van der Waals surface area (Å²) in [6.07, 6.45) is 5.36. The summed E-state index contributed by atoms with van der Waals surface area (Å²) in [5, 5.41) is 0. The second kappa shape index (κ2) is 6.89. The van der Waals surface area contributed by atoms with Crippen LogP contribution in [0.1, 0.15) is 39.5 Å². The third-order valence-corrected chi connectivity index (χ3v) is 15.4. The standard InChI is InChI=1S/C10H19O3.BrH.Hg/c1-10(2,11-3)13-12-9-7-5-4-6-8-9;;/h7,9H,4-6,8H2,1-3H3;1H;/q;;+1/p-1. The molecule has 0 aliphatic heterocycles.